The van der Waals surface area contributed by atoms with Gasteiger partial charge in [-0.25, -0.2) is 0 Å². The topological polar surface area (TPSA) is 55.1 Å². The quantitative estimate of drug-likeness (QED) is 0.802. The Morgan fingerprint density at radius 1 is 1.29 bits per heavy atom. The first-order chi connectivity index (χ1) is 9.49. The van der Waals surface area contributed by atoms with Crippen LogP contribution in [0.4, 0.5) is 0 Å². The molecule has 0 spiro atoms. The van der Waals surface area contributed by atoms with Crippen LogP contribution >= 0.6 is 24.0 Å². The number of rotatable bonds is 7. The van der Waals surface area contributed by atoms with E-state index in [1.807, 2.05) is 31.2 Å². The minimum absolute atomic E-state index is 0. The standard InChI is InChI=1S/C16H25ClN2O.ClH/c1-4-16(5-2,11-19-15(20)12(3)10-18)13-6-8-14(17)9-7-13;/h6-9,12H,4-5,10-11,18H2,1-3H3,(H,19,20);1H. The Hall–Kier alpha value is -0.770. The van der Waals surface area contributed by atoms with E-state index in [2.05, 4.69) is 19.2 Å². The zero-order chi connectivity index (χ0) is 15.2. The molecule has 0 aliphatic rings. The molecule has 0 saturated carbocycles. The van der Waals surface area contributed by atoms with Crippen molar-refractivity contribution in [3.05, 3.63) is 34.9 Å². The van der Waals surface area contributed by atoms with Gasteiger partial charge < -0.3 is 11.1 Å². The van der Waals surface area contributed by atoms with E-state index < -0.39 is 0 Å². The lowest BCUT2D eigenvalue weighted by molar-refractivity contribution is -0.124. The summed E-state index contributed by atoms with van der Waals surface area (Å²) in [6.45, 7) is 7.15. The van der Waals surface area contributed by atoms with Crippen molar-refractivity contribution in [3.8, 4) is 0 Å². The van der Waals surface area contributed by atoms with Crippen LogP contribution in [-0.4, -0.2) is 19.0 Å². The molecule has 0 aliphatic carbocycles. The van der Waals surface area contributed by atoms with Crippen molar-refractivity contribution >= 4 is 29.9 Å². The molecule has 0 heterocycles. The average molecular weight is 333 g/mol. The molecular formula is C16H26Cl2N2O. The molecule has 0 aliphatic heterocycles. The number of nitrogens with two attached hydrogens (primary N) is 1. The van der Waals surface area contributed by atoms with Gasteiger partial charge in [0.1, 0.15) is 0 Å². The van der Waals surface area contributed by atoms with Crippen LogP contribution < -0.4 is 11.1 Å². The zero-order valence-corrected chi connectivity index (χ0v) is 14.6. The largest absolute Gasteiger partial charge is 0.355 e. The highest BCUT2D eigenvalue weighted by molar-refractivity contribution is 6.30. The van der Waals surface area contributed by atoms with Crippen molar-refractivity contribution in [2.75, 3.05) is 13.1 Å². The minimum Gasteiger partial charge on any atom is -0.355 e. The van der Waals surface area contributed by atoms with Crippen molar-refractivity contribution in [1.29, 1.82) is 0 Å². The van der Waals surface area contributed by atoms with Gasteiger partial charge in [0.2, 0.25) is 5.91 Å². The van der Waals surface area contributed by atoms with E-state index in [4.69, 9.17) is 17.3 Å². The number of amides is 1. The highest BCUT2D eigenvalue weighted by atomic mass is 35.5. The number of halogens is 2. The molecule has 0 saturated heterocycles. The van der Waals surface area contributed by atoms with Gasteiger partial charge in [-0.15, -0.1) is 12.4 Å². The fourth-order valence-corrected chi connectivity index (χ4v) is 2.48. The number of carbonyl (C=O) groups is 1. The summed E-state index contributed by atoms with van der Waals surface area (Å²) in [5, 5.41) is 3.77. The summed E-state index contributed by atoms with van der Waals surface area (Å²) in [5.41, 5.74) is 6.70. The van der Waals surface area contributed by atoms with E-state index in [-0.39, 0.29) is 29.6 Å². The Morgan fingerprint density at radius 3 is 2.24 bits per heavy atom. The van der Waals surface area contributed by atoms with Crippen molar-refractivity contribution in [2.24, 2.45) is 11.7 Å². The lowest BCUT2D eigenvalue weighted by Gasteiger charge is -2.33. The summed E-state index contributed by atoms with van der Waals surface area (Å²) in [4.78, 5) is 11.9. The molecule has 3 nitrogen and oxygen atoms in total. The smallest absolute Gasteiger partial charge is 0.224 e. The normalized spacial score (nSPS) is 12.4. The Morgan fingerprint density at radius 2 is 1.81 bits per heavy atom. The minimum atomic E-state index is -0.147. The van der Waals surface area contributed by atoms with Crippen LogP contribution in [0, 0.1) is 5.92 Å². The number of carbonyl (C=O) groups excluding carboxylic acids is 1. The molecule has 0 aromatic heterocycles. The van der Waals surface area contributed by atoms with Gasteiger partial charge in [-0.2, -0.15) is 0 Å². The maximum Gasteiger partial charge on any atom is 0.224 e. The monoisotopic (exact) mass is 332 g/mol. The van der Waals surface area contributed by atoms with Crippen LogP contribution in [0.15, 0.2) is 24.3 Å². The summed E-state index contributed by atoms with van der Waals surface area (Å²) >= 11 is 5.95. The third-order valence-corrected chi connectivity index (χ3v) is 4.46. The zero-order valence-electron chi connectivity index (χ0n) is 13.0. The molecule has 5 heteroatoms. The molecule has 1 rings (SSSR count). The Labute approximate surface area is 139 Å². The third kappa shape index (κ3) is 5.17. The highest BCUT2D eigenvalue weighted by Crippen LogP contribution is 2.31. The molecular weight excluding hydrogens is 307 g/mol. The maximum absolute atomic E-state index is 11.9. The Bertz CT molecular complexity index is 430. The van der Waals surface area contributed by atoms with E-state index >= 15 is 0 Å². The second kappa shape index (κ2) is 9.29. The first-order valence-corrected chi connectivity index (χ1v) is 7.60. The number of benzene rings is 1. The molecule has 3 N–H and O–H groups in total. The van der Waals surface area contributed by atoms with Crippen LogP contribution in [0.5, 0.6) is 0 Å². The fourth-order valence-electron chi connectivity index (χ4n) is 2.35. The van der Waals surface area contributed by atoms with Gasteiger partial charge >= 0.3 is 0 Å². The van der Waals surface area contributed by atoms with Crippen LogP contribution in [0.25, 0.3) is 0 Å². The molecule has 0 fully saturated rings. The van der Waals surface area contributed by atoms with Gasteiger partial charge in [0, 0.05) is 29.4 Å². The lowest BCUT2D eigenvalue weighted by atomic mass is 9.75. The Balaban J connectivity index is 0.00000400. The summed E-state index contributed by atoms with van der Waals surface area (Å²) in [7, 11) is 0. The molecule has 1 atom stereocenters. The summed E-state index contributed by atoms with van der Waals surface area (Å²) in [5.74, 6) is -0.126. The van der Waals surface area contributed by atoms with Crippen molar-refractivity contribution in [1.82, 2.24) is 5.32 Å². The molecule has 1 aromatic rings. The van der Waals surface area contributed by atoms with E-state index in [0.717, 1.165) is 17.9 Å². The Kier molecular flexibility index (Phi) is 8.95. The predicted molar refractivity (Wildman–Crippen MR) is 92.2 cm³/mol. The molecule has 1 amide bonds. The molecule has 1 aromatic carbocycles. The average Bonchev–Trinajstić information content (AvgIpc) is 2.49. The van der Waals surface area contributed by atoms with E-state index in [1.165, 1.54) is 5.56 Å². The first kappa shape index (κ1) is 20.2. The van der Waals surface area contributed by atoms with Gasteiger partial charge in [-0.3, -0.25) is 4.79 Å². The van der Waals surface area contributed by atoms with Crippen molar-refractivity contribution in [2.45, 2.75) is 39.0 Å². The lowest BCUT2D eigenvalue weighted by Crippen LogP contribution is -2.43. The molecule has 1 unspecified atom stereocenters. The van der Waals surface area contributed by atoms with Crippen LogP contribution in [-0.2, 0) is 10.2 Å². The number of nitrogens with one attached hydrogen (secondary N) is 1. The molecule has 0 bridgehead atoms. The van der Waals surface area contributed by atoms with Crippen LogP contribution in [0.3, 0.4) is 0 Å². The highest BCUT2D eigenvalue weighted by Gasteiger charge is 2.29. The third-order valence-electron chi connectivity index (χ3n) is 4.21. The van der Waals surface area contributed by atoms with Crippen molar-refractivity contribution < 1.29 is 4.79 Å². The molecule has 0 radical (unpaired) electrons. The second-order valence-electron chi connectivity index (χ2n) is 5.35. The van der Waals surface area contributed by atoms with Gasteiger partial charge in [0.05, 0.1) is 0 Å². The SMILES string of the molecule is CCC(CC)(CNC(=O)C(C)CN)c1ccc(Cl)cc1.Cl. The molecule has 120 valence electrons. The summed E-state index contributed by atoms with van der Waals surface area (Å²) in [6.07, 6.45) is 1.92. The van der Waals surface area contributed by atoms with Gasteiger partial charge in [0.15, 0.2) is 0 Å². The van der Waals surface area contributed by atoms with Gasteiger partial charge in [-0.1, -0.05) is 44.5 Å². The maximum atomic E-state index is 11.9. The van der Waals surface area contributed by atoms with E-state index in [9.17, 15) is 4.79 Å². The van der Waals surface area contributed by atoms with Crippen LogP contribution in [0.2, 0.25) is 5.02 Å². The fraction of sp³-hybridized carbons (Fsp3) is 0.562. The summed E-state index contributed by atoms with van der Waals surface area (Å²) in [6, 6.07) is 7.91. The van der Waals surface area contributed by atoms with Crippen molar-refractivity contribution in [3.63, 3.8) is 0 Å². The van der Waals surface area contributed by atoms with Crippen LogP contribution in [0.1, 0.15) is 39.2 Å². The molecule has 21 heavy (non-hydrogen) atoms. The number of hydrogen-bond donors (Lipinski definition) is 2. The second-order valence-corrected chi connectivity index (χ2v) is 5.79. The van der Waals surface area contributed by atoms with E-state index in [1.54, 1.807) is 0 Å². The first-order valence-electron chi connectivity index (χ1n) is 7.23. The van der Waals surface area contributed by atoms with E-state index in [0.29, 0.717) is 13.1 Å². The van der Waals surface area contributed by atoms with Gasteiger partial charge in [-0.05, 0) is 30.5 Å². The summed E-state index contributed by atoms with van der Waals surface area (Å²) < 4.78 is 0. The number of hydrogen-bond acceptors (Lipinski definition) is 2. The van der Waals surface area contributed by atoms with Gasteiger partial charge in [0.25, 0.3) is 0 Å². The predicted octanol–water partition coefficient (Wildman–Crippen LogP) is 3.53.